The molecule has 266 valence electrons. The molecule has 1 aliphatic carbocycles. The van der Waals surface area contributed by atoms with E-state index < -0.39 is 5.60 Å². The number of benzene rings is 2. The van der Waals surface area contributed by atoms with E-state index in [0.29, 0.717) is 55.4 Å². The second-order valence-electron chi connectivity index (χ2n) is 15.0. The minimum Gasteiger partial charge on any atom is -0.508 e. The highest BCUT2D eigenvalue weighted by molar-refractivity contribution is 6.51. The van der Waals surface area contributed by atoms with Crippen molar-refractivity contribution in [3.8, 4) is 11.8 Å². The molecule has 9 nitrogen and oxygen atoms in total. The average Bonchev–Trinajstić information content (AvgIpc) is 3.60. The highest BCUT2D eigenvalue weighted by Crippen LogP contribution is 2.48. The monoisotopic (exact) mass is 683 g/mol. The lowest BCUT2D eigenvalue weighted by Gasteiger charge is -2.34. The largest absolute Gasteiger partial charge is 0.508 e. The fourth-order valence-corrected chi connectivity index (χ4v) is 8.68. The summed E-state index contributed by atoms with van der Waals surface area (Å²) in [4.78, 5) is 20.2. The Balaban J connectivity index is 1.50. The number of hydrogen-bond donors (Lipinski definition) is 2. The highest BCUT2D eigenvalue weighted by Gasteiger charge is 2.45. The van der Waals surface area contributed by atoms with Crippen LogP contribution in [0.1, 0.15) is 89.6 Å². The van der Waals surface area contributed by atoms with Gasteiger partial charge in [0.05, 0.1) is 42.3 Å². The van der Waals surface area contributed by atoms with Crippen molar-refractivity contribution < 1.29 is 24.1 Å². The van der Waals surface area contributed by atoms with Gasteiger partial charge in [-0.2, -0.15) is 9.97 Å². The molecule has 1 aromatic heterocycles. The van der Waals surface area contributed by atoms with Crippen LogP contribution in [0.4, 0.5) is 10.2 Å². The van der Waals surface area contributed by atoms with Crippen molar-refractivity contribution in [1.82, 2.24) is 14.9 Å². The number of ether oxygens (including phenoxy) is 2. The van der Waals surface area contributed by atoms with Crippen molar-refractivity contribution >= 4 is 39.0 Å². The molecule has 1 atom stereocenters. The second kappa shape index (κ2) is 13.4. The van der Waals surface area contributed by atoms with Crippen LogP contribution in [0.3, 0.4) is 0 Å². The van der Waals surface area contributed by atoms with E-state index in [1.807, 2.05) is 40.7 Å². The number of aromatic nitrogens is 2. The minimum atomic E-state index is -1.10. The van der Waals surface area contributed by atoms with Crippen LogP contribution >= 0.6 is 0 Å². The maximum absolute atomic E-state index is 15.5. The number of halogens is 1. The highest BCUT2D eigenvalue weighted by atomic mass is 19.1. The Morgan fingerprint density at radius 2 is 1.90 bits per heavy atom. The van der Waals surface area contributed by atoms with Gasteiger partial charge in [-0.05, 0) is 125 Å². The Kier molecular flexibility index (Phi) is 9.24. The zero-order valence-corrected chi connectivity index (χ0v) is 30.3. The van der Waals surface area contributed by atoms with Crippen molar-refractivity contribution in [3.63, 3.8) is 0 Å². The molecule has 0 amide bonds. The minimum absolute atomic E-state index is 0.00225. The molecule has 2 N–H and O–H groups in total. The van der Waals surface area contributed by atoms with Gasteiger partial charge in [-0.25, -0.2) is 4.39 Å². The number of fused-ring (bicyclic) bond motifs is 3. The average molecular weight is 684 g/mol. The van der Waals surface area contributed by atoms with Crippen molar-refractivity contribution in [3.05, 3.63) is 58.5 Å². The van der Waals surface area contributed by atoms with Crippen molar-refractivity contribution in [1.29, 1.82) is 0 Å². The number of aromatic hydroxyl groups is 1. The summed E-state index contributed by atoms with van der Waals surface area (Å²) in [5, 5.41) is 23.9. The van der Waals surface area contributed by atoms with Crippen molar-refractivity contribution in [2.24, 2.45) is 4.99 Å². The molecule has 0 spiro atoms. The molecule has 3 saturated heterocycles. The standard InChI is InChI=1S/C40H50FN5O4/c1-7-28-31(41)12-11-26-19-27(47)20-30(33(26)28)32-25(5)35-34(29(8-2)36(32)42-24(3)4)37(45-17-18-49-22-39(6,48)21-45)44-38(43-35)50-23-40-13-9-15-46(40)16-10-14-40/h8,11-12,19-20,24,47-48H,7,9-10,13-18,21-23H2,1-6H3/b29-8-,42-36?/t39-/m1/s1. The fourth-order valence-electron chi connectivity index (χ4n) is 8.68. The van der Waals surface area contributed by atoms with E-state index in [-0.39, 0.29) is 35.8 Å². The molecule has 0 unspecified atom stereocenters. The summed E-state index contributed by atoms with van der Waals surface area (Å²) in [6.45, 7) is 16.0. The number of phenols is 1. The van der Waals surface area contributed by atoms with Gasteiger partial charge in [0.1, 0.15) is 29.6 Å². The fraction of sp³-hybridized carbons (Fsp3) is 0.525. The van der Waals surface area contributed by atoms with Crippen LogP contribution in [0.5, 0.6) is 11.8 Å². The van der Waals surface area contributed by atoms with Crippen LogP contribution < -0.4 is 9.64 Å². The van der Waals surface area contributed by atoms with Crippen LogP contribution in [0, 0.1) is 5.82 Å². The van der Waals surface area contributed by atoms with Gasteiger partial charge in [0.2, 0.25) is 0 Å². The Morgan fingerprint density at radius 1 is 1.14 bits per heavy atom. The lowest BCUT2D eigenvalue weighted by atomic mass is 9.78. The van der Waals surface area contributed by atoms with Gasteiger partial charge < -0.3 is 24.6 Å². The molecule has 4 heterocycles. The summed E-state index contributed by atoms with van der Waals surface area (Å²) >= 11 is 0. The molecule has 3 fully saturated rings. The Morgan fingerprint density at radius 3 is 2.60 bits per heavy atom. The Labute approximate surface area is 294 Å². The van der Waals surface area contributed by atoms with E-state index in [1.165, 1.54) is 6.07 Å². The number of phenolic OH excluding ortho intramolecular Hbond substituents is 1. The number of anilines is 1. The van der Waals surface area contributed by atoms with Crippen molar-refractivity contribution in [2.45, 2.75) is 90.8 Å². The zero-order valence-electron chi connectivity index (χ0n) is 30.3. The number of aliphatic hydroxyl groups is 1. The number of allylic oxidation sites excluding steroid dienone is 4. The third-order valence-electron chi connectivity index (χ3n) is 10.8. The predicted molar refractivity (Wildman–Crippen MR) is 198 cm³/mol. The first-order chi connectivity index (χ1) is 23.9. The molecule has 0 saturated carbocycles. The van der Waals surface area contributed by atoms with Gasteiger partial charge in [0.25, 0.3) is 0 Å². The summed E-state index contributed by atoms with van der Waals surface area (Å²) in [7, 11) is 0. The van der Waals surface area contributed by atoms with Crippen LogP contribution in [-0.4, -0.2) is 94.0 Å². The van der Waals surface area contributed by atoms with Crippen molar-refractivity contribution in [2.75, 3.05) is 50.9 Å². The lowest BCUT2D eigenvalue weighted by Crippen LogP contribution is -2.44. The van der Waals surface area contributed by atoms with Gasteiger partial charge in [0, 0.05) is 23.7 Å². The molecule has 4 aliphatic rings. The summed E-state index contributed by atoms with van der Waals surface area (Å²) < 4.78 is 27.9. The molecule has 3 aliphatic heterocycles. The molecular weight excluding hydrogens is 633 g/mol. The third kappa shape index (κ3) is 6.09. The van der Waals surface area contributed by atoms with Gasteiger partial charge in [0.15, 0.2) is 0 Å². The summed E-state index contributed by atoms with van der Waals surface area (Å²) in [5.41, 5.74) is 4.89. The number of rotatable bonds is 7. The molecule has 10 heteroatoms. The van der Waals surface area contributed by atoms with E-state index in [0.717, 1.165) is 77.5 Å². The van der Waals surface area contributed by atoms with Gasteiger partial charge in [-0.1, -0.05) is 19.1 Å². The van der Waals surface area contributed by atoms with Gasteiger partial charge >= 0.3 is 6.01 Å². The number of aliphatic imine (C=N–C) groups is 1. The van der Waals surface area contributed by atoms with Crippen LogP contribution in [0.2, 0.25) is 0 Å². The van der Waals surface area contributed by atoms with Gasteiger partial charge in [-0.3, -0.25) is 9.89 Å². The SMILES string of the molecule is C/C=C1\C(=NC(C)C)C(c2cc(O)cc3ccc(F)c(CC)c23)=C(C)c2nc(OCC34CCCN3CCC4)nc(N3CCOC[C@](C)(O)C3)c21. The molecule has 0 bridgehead atoms. The van der Waals surface area contributed by atoms with E-state index in [9.17, 15) is 10.2 Å². The molecule has 50 heavy (non-hydrogen) atoms. The third-order valence-corrected chi connectivity index (χ3v) is 10.8. The molecule has 7 rings (SSSR count). The molecular formula is C40H50FN5O4. The summed E-state index contributed by atoms with van der Waals surface area (Å²) in [6, 6.07) is 6.83. The van der Waals surface area contributed by atoms with Crippen LogP contribution in [0.15, 0.2) is 35.3 Å². The number of nitrogens with zero attached hydrogens (tertiary/aromatic N) is 5. The normalized spacial score (nSPS) is 24.1. The first-order valence-corrected chi connectivity index (χ1v) is 18.2. The number of aryl methyl sites for hydroxylation is 1. The number of β-amino-alcohol motifs (C(OH)–C–C–N with tert-alkyl or cyclic N) is 1. The molecule has 2 aromatic carbocycles. The maximum atomic E-state index is 15.5. The first-order valence-electron chi connectivity index (χ1n) is 18.2. The molecule has 3 aromatic rings. The van der Waals surface area contributed by atoms with Crippen LogP contribution in [0.25, 0.3) is 27.5 Å². The lowest BCUT2D eigenvalue weighted by molar-refractivity contribution is -0.0123. The zero-order chi connectivity index (χ0) is 35.4. The maximum Gasteiger partial charge on any atom is 0.319 e. The van der Waals surface area contributed by atoms with E-state index >= 15 is 4.39 Å². The van der Waals surface area contributed by atoms with Gasteiger partial charge in [-0.15, -0.1) is 0 Å². The van der Waals surface area contributed by atoms with Crippen LogP contribution in [-0.2, 0) is 11.2 Å². The summed E-state index contributed by atoms with van der Waals surface area (Å²) in [6.07, 6.45) is 7.03. The number of hydrogen-bond acceptors (Lipinski definition) is 9. The smallest absolute Gasteiger partial charge is 0.319 e. The topological polar surface area (TPSA) is 104 Å². The first kappa shape index (κ1) is 34.6. The molecule has 0 radical (unpaired) electrons. The Bertz CT molecular complexity index is 1910. The second-order valence-corrected chi connectivity index (χ2v) is 15.0. The quantitative estimate of drug-likeness (QED) is 0.280. The summed E-state index contributed by atoms with van der Waals surface area (Å²) in [5.74, 6) is 0.472. The van der Waals surface area contributed by atoms with E-state index in [2.05, 4.69) is 9.80 Å². The predicted octanol–water partition coefficient (Wildman–Crippen LogP) is 6.83. The Hall–Kier alpha value is -3.86. The van der Waals surface area contributed by atoms with E-state index in [1.54, 1.807) is 25.1 Å². The van der Waals surface area contributed by atoms with E-state index in [4.69, 9.17) is 24.4 Å².